The first kappa shape index (κ1) is 37.1. The van der Waals surface area contributed by atoms with Crippen molar-refractivity contribution in [3.05, 3.63) is 76.6 Å². The Kier molecular flexibility index (Phi) is 9.64. The number of anilines is 2. The number of nitrogens with one attached hydrogen (secondary N) is 3. The van der Waals surface area contributed by atoms with Crippen LogP contribution in [0.25, 0.3) is 27.5 Å². The average Bonchev–Trinajstić information content (AvgIpc) is 3.97. The van der Waals surface area contributed by atoms with Gasteiger partial charge in [-0.25, -0.2) is 4.52 Å². The summed E-state index contributed by atoms with van der Waals surface area (Å²) in [4.78, 5) is 71.7. The second-order valence-electron chi connectivity index (χ2n) is 15.2. The number of rotatable bonds is 8. The maximum atomic E-state index is 13.4. The number of benzene rings is 1. The second-order valence-corrected chi connectivity index (χ2v) is 16.2. The molecule has 3 aliphatic heterocycles. The molecule has 1 atom stereocenters. The molecule has 58 heavy (non-hydrogen) atoms. The Balaban J connectivity index is 0.772. The number of carbonyl (C=O) groups is 5. The molecular weight excluding hydrogens is 759 g/mol. The molecule has 0 bridgehead atoms. The molecule has 0 radical (unpaired) electrons. The van der Waals surface area contributed by atoms with Crippen molar-refractivity contribution in [3.8, 4) is 28.0 Å². The third-order valence-corrected chi connectivity index (χ3v) is 12.9. The fourth-order valence-electron chi connectivity index (χ4n) is 8.59. The third kappa shape index (κ3) is 6.72. The standard InChI is InChI=1S/C41H39N11O5S/c1-43-31-18-32(33-9-7-27-16-22(19-42)20-45-52(27)33)44-21-30(31)39-49-48-38(58-39)24-2-4-25(5-3-24)46-36(54)23-12-14-50(15-13-23)26-6-8-28-29(17-26)41(57)51(40(28)56)34-10-11-35(53)47-37(34)55/h6-9,16-18,20-21,23-25,34H,2-5,10-15H2,1H3,(H,43,44)(H,46,54)(H,47,53,55). The number of carbonyl (C=O) groups excluding carboxylic acids is 5. The number of nitrogens with zero attached hydrogens (tertiary/aromatic N) is 8. The number of piperidine rings is 2. The topological polar surface area (TPSA) is 208 Å². The van der Waals surface area contributed by atoms with Crippen LogP contribution in [-0.4, -0.2) is 91.5 Å². The summed E-state index contributed by atoms with van der Waals surface area (Å²) in [6.07, 6.45) is 8.35. The number of amides is 5. The van der Waals surface area contributed by atoms with Gasteiger partial charge in [-0.2, -0.15) is 10.4 Å². The Morgan fingerprint density at radius 2 is 1.69 bits per heavy atom. The monoisotopic (exact) mass is 797 g/mol. The summed E-state index contributed by atoms with van der Waals surface area (Å²) in [5.74, 6) is -1.89. The quantitative estimate of drug-likeness (QED) is 0.188. The van der Waals surface area contributed by atoms with Crippen molar-refractivity contribution in [1.82, 2.24) is 40.3 Å². The molecule has 1 aliphatic carbocycles. The average molecular weight is 798 g/mol. The van der Waals surface area contributed by atoms with Gasteiger partial charge in [0, 0.05) is 62.0 Å². The van der Waals surface area contributed by atoms with Crippen molar-refractivity contribution in [1.29, 1.82) is 5.26 Å². The minimum Gasteiger partial charge on any atom is -0.387 e. The third-order valence-electron chi connectivity index (χ3n) is 11.8. The molecule has 2 saturated heterocycles. The number of hydrogen-bond acceptors (Lipinski definition) is 13. The molecule has 294 valence electrons. The van der Waals surface area contributed by atoms with Crippen LogP contribution in [0.3, 0.4) is 0 Å². The summed E-state index contributed by atoms with van der Waals surface area (Å²) < 4.78 is 1.77. The van der Waals surface area contributed by atoms with Crippen LogP contribution in [0.4, 0.5) is 11.4 Å². The van der Waals surface area contributed by atoms with Crippen LogP contribution in [0.2, 0.25) is 0 Å². The van der Waals surface area contributed by atoms with Crippen LogP contribution < -0.4 is 20.9 Å². The van der Waals surface area contributed by atoms with E-state index in [0.29, 0.717) is 31.5 Å². The molecule has 16 nitrogen and oxygen atoms in total. The molecule has 5 amide bonds. The SMILES string of the molecule is CNc1cc(-c2ccc3cc(C#N)cnn23)ncc1-c1nnc(C2CCC(NC(=O)C3CCN(c4ccc5c(c4)C(=O)N(C4CCC(=O)NC4=O)C5=O)CC3)CC2)s1. The van der Waals surface area contributed by atoms with Crippen LogP contribution in [0.5, 0.6) is 0 Å². The van der Waals surface area contributed by atoms with E-state index in [4.69, 9.17) is 4.98 Å². The highest BCUT2D eigenvalue weighted by atomic mass is 32.1. The summed E-state index contributed by atoms with van der Waals surface area (Å²) in [6.45, 7) is 1.25. The summed E-state index contributed by atoms with van der Waals surface area (Å²) >= 11 is 1.57. The van der Waals surface area contributed by atoms with Crippen LogP contribution in [0, 0.1) is 17.2 Å². The lowest BCUT2D eigenvalue weighted by Gasteiger charge is -2.34. The largest absolute Gasteiger partial charge is 0.387 e. The van der Waals surface area contributed by atoms with E-state index in [1.54, 1.807) is 40.2 Å². The lowest BCUT2D eigenvalue weighted by atomic mass is 9.86. The van der Waals surface area contributed by atoms with Gasteiger partial charge in [0.25, 0.3) is 11.8 Å². The Morgan fingerprint density at radius 1 is 0.897 bits per heavy atom. The van der Waals surface area contributed by atoms with Gasteiger partial charge in [0.1, 0.15) is 17.1 Å². The normalized spacial score (nSPS) is 21.2. The maximum Gasteiger partial charge on any atom is 0.262 e. The van der Waals surface area contributed by atoms with Gasteiger partial charge in [-0.05, 0) is 87.4 Å². The molecule has 5 aromatic rings. The summed E-state index contributed by atoms with van der Waals surface area (Å²) in [7, 11) is 1.86. The molecule has 7 heterocycles. The minimum atomic E-state index is -1.01. The molecule has 9 rings (SSSR count). The molecule has 1 saturated carbocycles. The lowest BCUT2D eigenvalue weighted by Crippen LogP contribution is -2.54. The highest BCUT2D eigenvalue weighted by molar-refractivity contribution is 7.14. The summed E-state index contributed by atoms with van der Waals surface area (Å²) in [5, 5.41) is 33.4. The zero-order valence-corrected chi connectivity index (χ0v) is 32.4. The van der Waals surface area contributed by atoms with Crippen LogP contribution in [-0.2, 0) is 14.4 Å². The van der Waals surface area contributed by atoms with E-state index >= 15 is 0 Å². The number of aromatic nitrogens is 5. The van der Waals surface area contributed by atoms with E-state index in [1.807, 2.05) is 31.3 Å². The number of nitriles is 1. The van der Waals surface area contributed by atoms with E-state index in [2.05, 4.69) is 42.2 Å². The Bertz CT molecular complexity index is 2540. The van der Waals surface area contributed by atoms with Crippen molar-refractivity contribution in [3.63, 3.8) is 0 Å². The minimum absolute atomic E-state index is 0.0682. The van der Waals surface area contributed by atoms with Gasteiger partial charge in [0.2, 0.25) is 17.7 Å². The number of hydrogen-bond donors (Lipinski definition) is 3. The Hall–Kier alpha value is -6.54. The smallest absolute Gasteiger partial charge is 0.262 e. The van der Waals surface area contributed by atoms with E-state index in [-0.39, 0.29) is 47.8 Å². The van der Waals surface area contributed by atoms with Crippen molar-refractivity contribution < 1.29 is 24.0 Å². The fourth-order valence-corrected chi connectivity index (χ4v) is 9.63. The summed E-state index contributed by atoms with van der Waals surface area (Å²) in [5.41, 5.74) is 5.87. The lowest BCUT2D eigenvalue weighted by molar-refractivity contribution is -0.136. The highest BCUT2D eigenvalue weighted by Gasteiger charge is 2.45. The second kappa shape index (κ2) is 15.1. The molecular formula is C41H39N11O5S. The molecule has 4 aromatic heterocycles. The Labute approximate surface area is 336 Å². The van der Waals surface area contributed by atoms with Crippen molar-refractivity contribution in [2.75, 3.05) is 30.4 Å². The van der Waals surface area contributed by atoms with Gasteiger partial charge < -0.3 is 15.5 Å². The van der Waals surface area contributed by atoms with E-state index in [9.17, 15) is 29.2 Å². The highest BCUT2D eigenvalue weighted by Crippen LogP contribution is 2.39. The predicted octanol–water partition coefficient (Wildman–Crippen LogP) is 4.29. The number of fused-ring (bicyclic) bond motifs is 2. The van der Waals surface area contributed by atoms with Crippen molar-refractivity contribution in [2.45, 2.75) is 69.4 Å². The number of imide groups is 2. The molecule has 17 heteroatoms. The van der Waals surface area contributed by atoms with Crippen LogP contribution in [0.1, 0.15) is 88.6 Å². The molecule has 1 unspecified atom stereocenters. The van der Waals surface area contributed by atoms with Gasteiger partial charge in [0.15, 0.2) is 5.01 Å². The molecule has 1 aromatic carbocycles. The van der Waals surface area contributed by atoms with Crippen LogP contribution in [0.15, 0.2) is 54.9 Å². The zero-order valence-electron chi connectivity index (χ0n) is 31.6. The fraction of sp³-hybridized carbons (Fsp3) is 0.366. The van der Waals surface area contributed by atoms with E-state index < -0.39 is 29.7 Å². The van der Waals surface area contributed by atoms with Gasteiger partial charge >= 0.3 is 0 Å². The molecule has 0 spiro atoms. The first-order valence-corrected chi connectivity index (χ1v) is 20.3. The van der Waals surface area contributed by atoms with Crippen LogP contribution >= 0.6 is 11.3 Å². The molecule has 3 fully saturated rings. The summed E-state index contributed by atoms with van der Waals surface area (Å²) in [6, 6.07) is 14.0. The first-order valence-electron chi connectivity index (χ1n) is 19.5. The van der Waals surface area contributed by atoms with Gasteiger partial charge in [-0.15, -0.1) is 10.2 Å². The Morgan fingerprint density at radius 3 is 2.45 bits per heavy atom. The number of pyridine rings is 1. The predicted molar refractivity (Wildman–Crippen MR) is 213 cm³/mol. The van der Waals surface area contributed by atoms with Gasteiger partial charge in [0.05, 0.1) is 45.4 Å². The van der Waals surface area contributed by atoms with Crippen molar-refractivity contribution >= 4 is 57.8 Å². The molecule has 4 aliphatic rings. The van der Waals surface area contributed by atoms with Gasteiger partial charge in [-0.3, -0.25) is 39.2 Å². The van der Waals surface area contributed by atoms with E-state index in [1.165, 1.54) is 6.20 Å². The van der Waals surface area contributed by atoms with Crippen molar-refractivity contribution in [2.24, 2.45) is 5.92 Å². The first-order chi connectivity index (χ1) is 28.2. The molecule has 3 N–H and O–H groups in total. The maximum absolute atomic E-state index is 13.4. The zero-order chi connectivity index (χ0) is 40.1. The van der Waals surface area contributed by atoms with Gasteiger partial charge in [-0.1, -0.05) is 11.3 Å². The van der Waals surface area contributed by atoms with E-state index in [0.717, 1.165) is 74.4 Å².